The van der Waals surface area contributed by atoms with Crippen LogP contribution in [0.2, 0.25) is 0 Å². The molecule has 2 atom stereocenters. The Hall–Kier alpha value is -1.59. The maximum atomic E-state index is 12.3. The number of likely N-dealkylation sites (tertiary alicyclic amines) is 1. The molecule has 0 aromatic rings. The van der Waals surface area contributed by atoms with Gasteiger partial charge in [-0.15, -0.1) is 0 Å². The van der Waals surface area contributed by atoms with Gasteiger partial charge < -0.3 is 10.2 Å². The van der Waals surface area contributed by atoms with Gasteiger partial charge in [0.25, 0.3) is 5.91 Å². The van der Waals surface area contributed by atoms with Crippen LogP contribution in [0.1, 0.15) is 46.5 Å². The number of nitrogens with one attached hydrogen (secondary N) is 2. The molecule has 0 bridgehead atoms. The van der Waals surface area contributed by atoms with Gasteiger partial charge in [-0.1, -0.05) is 20.8 Å². The predicted octanol–water partition coefficient (Wildman–Crippen LogP) is 1.01. The number of nitrogens with zero attached hydrogens (tertiary/aromatic N) is 1. The van der Waals surface area contributed by atoms with Gasteiger partial charge in [0, 0.05) is 12.6 Å². The average Bonchev–Trinajstić information content (AvgIpc) is 2.84. The molecule has 0 aliphatic carbocycles. The molecular weight excluding hydrogens is 258 g/mol. The molecule has 4 amide bonds. The summed E-state index contributed by atoms with van der Waals surface area (Å²) in [6.07, 6.45) is 3.04. The molecule has 2 N–H and O–H groups in total. The van der Waals surface area contributed by atoms with E-state index in [1.807, 2.05) is 4.90 Å². The molecule has 20 heavy (non-hydrogen) atoms. The molecule has 0 aromatic carbocycles. The van der Waals surface area contributed by atoms with E-state index in [4.69, 9.17) is 0 Å². The van der Waals surface area contributed by atoms with Crippen molar-refractivity contribution in [3.05, 3.63) is 0 Å². The summed E-state index contributed by atoms with van der Waals surface area (Å²) in [6, 6.07) is -0.978. The van der Waals surface area contributed by atoms with Gasteiger partial charge in [-0.25, -0.2) is 4.79 Å². The maximum Gasteiger partial charge on any atom is 0.322 e. The summed E-state index contributed by atoms with van der Waals surface area (Å²) in [4.78, 5) is 36.8. The first-order chi connectivity index (χ1) is 9.26. The average molecular weight is 281 g/mol. The van der Waals surface area contributed by atoms with E-state index >= 15 is 0 Å². The van der Waals surface area contributed by atoms with Gasteiger partial charge in [0.05, 0.1) is 6.42 Å². The second-order valence-electron chi connectivity index (χ2n) is 6.87. The van der Waals surface area contributed by atoms with E-state index in [1.54, 1.807) is 0 Å². The normalized spacial score (nSPS) is 26.6. The molecule has 0 radical (unpaired) electrons. The molecule has 2 heterocycles. The third kappa shape index (κ3) is 3.49. The molecule has 2 unspecified atom stereocenters. The Balaban J connectivity index is 1.94. The molecule has 0 aromatic heterocycles. The molecule has 112 valence electrons. The standard InChI is InChI=1S/C14H23N3O3/c1-14(2,3)8-9-5-4-6-17(9)11(18)7-10-12(19)16-13(20)15-10/h9-10H,4-8H2,1-3H3,(H2,15,16,19,20). The lowest BCUT2D eigenvalue weighted by Gasteiger charge is -2.30. The van der Waals surface area contributed by atoms with Crippen LogP contribution in [0.5, 0.6) is 0 Å². The minimum Gasteiger partial charge on any atom is -0.340 e. The zero-order valence-corrected chi connectivity index (χ0v) is 12.4. The van der Waals surface area contributed by atoms with Gasteiger partial charge in [0.15, 0.2) is 0 Å². The lowest BCUT2D eigenvalue weighted by Crippen LogP contribution is -2.42. The van der Waals surface area contributed by atoms with Gasteiger partial charge in [-0.3, -0.25) is 14.9 Å². The van der Waals surface area contributed by atoms with Crippen LogP contribution in [0, 0.1) is 5.41 Å². The monoisotopic (exact) mass is 281 g/mol. The van der Waals surface area contributed by atoms with E-state index in [9.17, 15) is 14.4 Å². The van der Waals surface area contributed by atoms with Crippen molar-refractivity contribution in [2.75, 3.05) is 6.54 Å². The Morgan fingerprint density at radius 1 is 1.35 bits per heavy atom. The summed E-state index contributed by atoms with van der Waals surface area (Å²) in [5.41, 5.74) is 0.173. The van der Waals surface area contributed by atoms with Crippen molar-refractivity contribution >= 4 is 17.8 Å². The topological polar surface area (TPSA) is 78.5 Å². The first-order valence-corrected chi connectivity index (χ1v) is 7.17. The minimum atomic E-state index is -0.717. The quantitative estimate of drug-likeness (QED) is 0.758. The first kappa shape index (κ1) is 14.8. The van der Waals surface area contributed by atoms with Crippen LogP contribution in [-0.4, -0.2) is 41.4 Å². The van der Waals surface area contributed by atoms with Crippen LogP contribution in [0.15, 0.2) is 0 Å². The number of hydrogen-bond donors (Lipinski definition) is 2. The SMILES string of the molecule is CC(C)(C)CC1CCCN1C(=O)CC1NC(=O)NC1=O. The number of rotatable bonds is 3. The lowest BCUT2D eigenvalue weighted by molar-refractivity contribution is -0.135. The van der Waals surface area contributed by atoms with Crippen molar-refractivity contribution in [1.82, 2.24) is 15.5 Å². The zero-order valence-electron chi connectivity index (χ0n) is 12.4. The van der Waals surface area contributed by atoms with Crippen molar-refractivity contribution < 1.29 is 14.4 Å². The van der Waals surface area contributed by atoms with E-state index in [0.717, 1.165) is 25.8 Å². The van der Waals surface area contributed by atoms with E-state index in [2.05, 4.69) is 31.4 Å². The largest absolute Gasteiger partial charge is 0.340 e. The Kier molecular flexibility index (Phi) is 4.01. The zero-order chi connectivity index (χ0) is 14.9. The third-order valence-electron chi connectivity index (χ3n) is 3.78. The smallest absolute Gasteiger partial charge is 0.322 e. The van der Waals surface area contributed by atoms with Crippen molar-refractivity contribution in [2.24, 2.45) is 5.41 Å². The van der Waals surface area contributed by atoms with Crippen molar-refractivity contribution in [2.45, 2.75) is 58.5 Å². The highest BCUT2D eigenvalue weighted by Gasteiger charge is 2.36. The van der Waals surface area contributed by atoms with Gasteiger partial charge in [0.1, 0.15) is 6.04 Å². The van der Waals surface area contributed by atoms with E-state index in [1.165, 1.54) is 0 Å². The van der Waals surface area contributed by atoms with E-state index in [0.29, 0.717) is 0 Å². The summed E-state index contributed by atoms with van der Waals surface area (Å²) in [5, 5.41) is 4.63. The second kappa shape index (κ2) is 5.42. The Bertz CT molecular complexity index is 428. The third-order valence-corrected chi connectivity index (χ3v) is 3.78. The van der Waals surface area contributed by atoms with Crippen molar-refractivity contribution in [3.8, 4) is 0 Å². The molecule has 0 saturated carbocycles. The highest BCUT2D eigenvalue weighted by Crippen LogP contribution is 2.30. The fourth-order valence-electron chi connectivity index (χ4n) is 2.98. The number of imide groups is 1. The van der Waals surface area contributed by atoms with E-state index < -0.39 is 18.0 Å². The summed E-state index contributed by atoms with van der Waals surface area (Å²) >= 11 is 0. The molecule has 0 spiro atoms. The lowest BCUT2D eigenvalue weighted by atomic mass is 9.87. The molecule has 2 saturated heterocycles. The maximum absolute atomic E-state index is 12.3. The molecule has 6 heteroatoms. The van der Waals surface area contributed by atoms with Gasteiger partial charge in [0.2, 0.25) is 5.91 Å². The van der Waals surface area contributed by atoms with Crippen LogP contribution >= 0.6 is 0 Å². The van der Waals surface area contributed by atoms with Crippen LogP contribution in [-0.2, 0) is 9.59 Å². The summed E-state index contributed by atoms with van der Waals surface area (Å²) in [5.74, 6) is -0.450. The van der Waals surface area contributed by atoms with Crippen LogP contribution in [0.4, 0.5) is 4.79 Å². The summed E-state index contributed by atoms with van der Waals surface area (Å²) in [6.45, 7) is 7.25. The molecule has 2 rings (SSSR count). The van der Waals surface area contributed by atoms with E-state index in [-0.39, 0.29) is 23.8 Å². The first-order valence-electron chi connectivity index (χ1n) is 7.17. The van der Waals surface area contributed by atoms with Crippen LogP contribution < -0.4 is 10.6 Å². The number of urea groups is 1. The Morgan fingerprint density at radius 2 is 2.05 bits per heavy atom. The van der Waals surface area contributed by atoms with Gasteiger partial charge in [-0.2, -0.15) is 0 Å². The highest BCUT2D eigenvalue weighted by atomic mass is 16.2. The summed E-state index contributed by atoms with van der Waals surface area (Å²) < 4.78 is 0. The Labute approximate surface area is 119 Å². The fraction of sp³-hybridized carbons (Fsp3) is 0.786. The molecule has 6 nitrogen and oxygen atoms in total. The predicted molar refractivity (Wildman–Crippen MR) is 73.9 cm³/mol. The number of amides is 4. The minimum absolute atomic E-state index is 0.0425. The highest BCUT2D eigenvalue weighted by molar-refractivity contribution is 6.05. The number of carbonyl (C=O) groups is 3. The fourth-order valence-corrected chi connectivity index (χ4v) is 2.98. The number of hydrogen-bond acceptors (Lipinski definition) is 3. The molecule has 2 aliphatic rings. The van der Waals surface area contributed by atoms with Crippen LogP contribution in [0.25, 0.3) is 0 Å². The molecule has 2 fully saturated rings. The van der Waals surface area contributed by atoms with Gasteiger partial charge >= 0.3 is 6.03 Å². The molecular formula is C14H23N3O3. The van der Waals surface area contributed by atoms with Gasteiger partial charge in [-0.05, 0) is 24.7 Å². The summed E-state index contributed by atoms with van der Waals surface area (Å²) in [7, 11) is 0. The number of carbonyl (C=O) groups excluding carboxylic acids is 3. The Morgan fingerprint density at radius 3 is 2.60 bits per heavy atom. The molecule has 2 aliphatic heterocycles. The van der Waals surface area contributed by atoms with Crippen molar-refractivity contribution in [3.63, 3.8) is 0 Å². The van der Waals surface area contributed by atoms with Crippen molar-refractivity contribution in [1.29, 1.82) is 0 Å². The van der Waals surface area contributed by atoms with Crippen LogP contribution in [0.3, 0.4) is 0 Å². The second-order valence-corrected chi connectivity index (χ2v) is 6.87.